The molecule has 1 aromatic carbocycles. The zero-order valence-corrected chi connectivity index (χ0v) is 16.2. The Bertz CT molecular complexity index is 932. The third-order valence-electron chi connectivity index (χ3n) is 5.44. The minimum Gasteiger partial charge on any atom is -0.497 e. The minimum atomic E-state index is -3.71. The summed E-state index contributed by atoms with van der Waals surface area (Å²) in [6, 6.07) is 4.79. The van der Waals surface area contributed by atoms with Crippen LogP contribution in [0.1, 0.15) is 24.1 Å². The van der Waals surface area contributed by atoms with Crippen LogP contribution in [0.5, 0.6) is 11.5 Å². The van der Waals surface area contributed by atoms with Crippen LogP contribution in [0, 0.1) is 0 Å². The molecule has 8 nitrogen and oxygen atoms in total. The third-order valence-corrected chi connectivity index (χ3v) is 7.36. The van der Waals surface area contributed by atoms with Gasteiger partial charge in [0.25, 0.3) is 0 Å². The predicted molar refractivity (Wildman–Crippen MR) is 97.5 cm³/mol. The fourth-order valence-corrected chi connectivity index (χ4v) is 5.54. The number of rotatable bonds is 4. The quantitative estimate of drug-likeness (QED) is 0.849. The number of H-pyrrole nitrogens is 1. The Morgan fingerprint density at radius 2 is 2.00 bits per heavy atom. The smallest absolute Gasteiger partial charge is 0.246 e. The first kappa shape index (κ1) is 18.3. The molecule has 2 aliphatic heterocycles. The van der Waals surface area contributed by atoms with E-state index in [1.165, 1.54) is 24.6 Å². The van der Waals surface area contributed by atoms with E-state index in [0.717, 1.165) is 17.7 Å². The molecule has 0 amide bonds. The van der Waals surface area contributed by atoms with Crippen molar-refractivity contribution in [2.24, 2.45) is 0 Å². The van der Waals surface area contributed by atoms with Gasteiger partial charge in [0.1, 0.15) is 22.0 Å². The maximum atomic E-state index is 13.2. The van der Waals surface area contributed by atoms with E-state index in [1.54, 1.807) is 12.1 Å². The van der Waals surface area contributed by atoms with E-state index in [0.29, 0.717) is 44.0 Å². The number of methoxy groups -OCH3 is 2. The van der Waals surface area contributed by atoms with E-state index in [1.807, 2.05) is 6.20 Å². The fourth-order valence-electron chi connectivity index (χ4n) is 3.93. The summed E-state index contributed by atoms with van der Waals surface area (Å²) in [5, 5.41) is 7.20. The van der Waals surface area contributed by atoms with Gasteiger partial charge in [-0.05, 0) is 37.0 Å². The number of piperidine rings is 1. The number of aromatic nitrogens is 2. The van der Waals surface area contributed by atoms with Gasteiger partial charge in [-0.25, -0.2) is 8.42 Å². The second kappa shape index (κ2) is 6.81. The first-order valence-corrected chi connectivity index (χ1v) is 10.3. The number of hydrogen-bond donors (Lipinski definition) is 1. The third kappa shape index (κ3) is 2.99. The summed E-state index contributed by atoms with van der Waals surface area (Å²) in [7, 11) is -0.745. The molecule has 0 saturated carbocycles. The van der Waals surface area contributed by atoms with Gasteiger partial charge in [-0.3, -0.25) is 5.10 Å². The molecular weight excluding hydrogens is 370 g/mol. The Hall–Kier alpha value is -2.10. The van der Waals surface area contributed by atoms with Crippen molar-refractivity contribution in [3.05, 3.63) is 35.7 Å². The van der Waals surface area contributed by atoms with Crippen LogP contribution in [0.4, 0.5) is 0 Å². The molecule has 1 fully saturated rings. The Labute approximate surface area is 158 Å². The molecule has 4 rings (SSSR count). The van der Waals surface area contributed by atoms with Crippen molar-refractivity contribution < 1.29 is 22.6 Å². The lowest BCUT2D eigenvalue weighted by molar-refractivity contribution is -0.0920. The number of benzene rings is 1. The average molecular weight is 393 g/mol. The van der Waals surface area contributed by atoms with Gasteiger partial charge in [0.15, 0.2) is 0 Å². The van der Waals surface area contributed by atoms with Crippen molar-refractivity contribution in [3.8, 4) is 11.5 Å². The molecule has 0 radical (unpaired) electrons. The molecule has 146 valence electrons. The van der Waals surface area contributed by atoms with Crippen molar-refractivity contribution in [1.29, 1.82) is 0 Å². The summed E-state index contributed by atoms with van der Waals surface area (Å²) in [6.45, 7) is 1.35. The van der Waals surface area contributed by atoms with Crippen molar-refractivity contribution in [2.75, 3.05) is 33.9 Å². The number of ether oxygens (including phenoxy) is 3. The van der Waals surface area contributed by atoms with E-state index in [4.69, 9.17) is 14.2 Å². The van der Waals surface area contributed by atoms with Crippen LogP contribution in [-0.4, -0.2) is 56.8 Å². The molecule has 2 aromatic rings. The van der Waals surface area contributed by atoms with Gasteiger partial charge in [-0.15, -0.1) is 0 Å². The van der Waals surface area contributed by atoms with Crippen molar-refractivity contribution >= 4 is 10.0 Å². The molecule has 0 unspecified atom stereocenters. The molecule has 1 spiro atoms. The molecule has 1 saturated heterocycles. The largest absolute Gasteiger partial charge is 0.497 e. The number of hydrogen-bond acceptors (Lipinski definition) is 6. The molecule has 9 heteroatoms. The van der Waals surface area contributed by atoms with Gasteiger partial charge < -0.3 is 14.2 Å². The summed E-state index contributed by atoms with van der Waals surface area (Å²) in [4.78, 5) is 0.118. The number of aromatic amines is 1. The van der Waals surface area contributed by atoms with E-state index in [-0.39, 0.29) is 4.90 Å². The molecule has 27 heavy (non-hydrogen) atoms. The lowest BCUT2D eigenvalue weighted by Crippen LogP contribution is -2.48. The minimum absolute atomic E-state index is 0.118. The van der Waals surface area contributed by atoms with Crippen LogP contribution in [0.3, 0.4) is 0 Å². The number of nitrogens with one attached hydrogen (secondary N) is 1. The molecule has 2 aliphatic rings. The first-order valence-electron chi connectivity index (χ1n) is 8.89. The SMILES string of the molecule is COc1ccc(OC)c(S(=O)(=O)N2CCC3(CC2)OCCc2cn[nH]c23)c1. The molecule has 0 bridgehead atoms. The number of nitrogens with zero attached hydrogens (tertiary/aromatic N) is 2. The topological polar surface area (TPSA) is 93.8 Å². The monoisotopic (exact) mass is 393 g/mol. The van der Waals surface area contributed by atoms with Crippen LogP contribution in [0.15, 0.2) is 29.3 Å². The number of sulfonamides is 1. The molecule has 1 N–H and O–H groups in total. The molecule has 3 heterocycles. The van der Waals surface area contributed by atoms with E-state index < -0.39 is 15.6 Å². The Kier molecular flexibility index (Phi) is 4.61. The van der Waals surface area contributed by atoms with E-state index in [9.17, 15) is 8.42 Å². The number of fused-ring (bicyclic) bond motifs is 2. The maximum Gasteiger partial charge on any atom is 0.246 e. The Morgan fingerprint density at radius 3 is 2.70 bits per heavy atom. The predicted octanol–water partition coefficient (Wildman–Crippen LogP) is 1.68. The average Bonchev–Trinajstić information content (AvgIpc) is 3.18. The van der Waals surface area contributed by atoms with Crippen LogP contribution in [0.2, 0.25) is 0 Å². The van der Waals surface area contributed by atoms with Crippen molar-refractivity contribution in [1.82, 2.24) is 14.5 Å². The van der Waals surface area contributed by atoms with Gasteiger partial charge >= 0.3 is 0 Å². The highest BCUT2D eigenvalue weighted by molar-refractivity contribution is 7.89. The second-order valence-corrected chi connectivity index (χ2v) is 8.69. The standard InChI is InChI=1S/C18H23N3O5S/c1-24-14-3-4-15(25-2)16(11-14)27(22,23)21-8-6-18(7-9-21)17-13(5-10-26-18)12-19-20-17/h3-4,11-12H,5-10H2,1-2H3,(H,19,20). The molecule has 1 aromatic heterocycles. The lowest BCUT2D eigenvalue weighted by Gasteiger charge is -2.42. The maximum absolute atomic E-state index is 13.2. The highest BCUT2D eigenvalue weighted by atomic mass is 32.2. The fraction of sp³-hybridized carbons (Fsp3) is 0.500. The Balaban J connectivity index is 1.60. The lowest BCUT2D eigenvalue weighted by atomic mass is 9.84. The zero-order chi connectivity index (χ0) is 19.1. The molecule has 0 aliphatic carbocycles. The van der Waals surface area contributed by atoms with E-state index in [2.05, 4.69) is 10.2 Å². The van der Waals surface area contributed by atoms with Gasteiger partial charge in [0, 0.05) is 19.2 Å². The highest BCUT2D eigenvalue weighted by Gasteiger charge is 2.45. The zero-order valence-electron chi connectivity index (χ0n) is 15.4. The van der Waals surface area contributed by atoms with Gasteiger partial charge in [-0.2, -0.15) is 9.40 Å². The summed E-state index contributed by atoms with van der Waals surface area (Å²) in [5.74, 6) is 0.779. The first-order chi connectivity index (χ1) is 13.0. The van der Waals surface area contributed by atoms with Gasteiger partial charge in [-0.1, -0.05) is 0 Å². The van der Waals surface area contributed by atoms with Crippen LogP contribution in [-0.2, 0) is 26.8 Å². The van der Waals surface area contributed by atoms with Crippen molar-refractivity contribution in [3.63, 3.8) is 0 Å². The summed E-state index contributed by atoms with van der Waals surface area (Å²) in [6.07, 6.45) is 3.82. The van der Waals surface area contributed by atoms with E-state index >= 15 is 0 Å². The molecule has 0 atom stereocenters. The normalized spacial score (nSPS) is 19.6. The van der Waals surface area contributed by atoms with Gasteiger partial charge in [0.05, 0.1) is 32.7 Å². The Morgan fingerprint density at radius 1 is 1.22 bits per heavy atom. The van der Waals surface area contributed by atoms with Crippen LogP contribution in [0.25, 0.3) is 0 Å². The second-order valence-electron chi connectivity index (χ2n) is 6.78. The van der Waals surface area contributed by atoms with Crippen LogP contribution >= 0.6 is 0 Å². The molecular formula is C18H23N3O5S. The summed E-state index contributed by atoms with van der Waals surface area (Å²) in [5.41, 5.74) is 1.67. The highest BCUT2D eigenvalue weighted by Crippen LogP contribution is 2.42. The summed E-state index contributed by atoms with van der Waals surface area (Å²) >= 11 is 0. The summed E-state index contributed by atoms with van der Waals surface area (Å²) < 4.78 is 44.5. The van der Waals surface area contributed by atoms with Gasteiger partial charge in [0.2, 0.25) is 10.0 Å². The van der Waals surface area contributed by atoms with Crippen molar-refractivity contribution in [2.45, 2.75) is 29.8 Å². The van der Waals surface area contributed by atoms with Crippen LogP contribution < -0.4 is 9.47 Å².